The van der Waals surface area contributed by atoms with E-state index in [0.29, 0.717) is 0 Å². The topological polar surface area (TPSA) is 92.2 Å². The summed E-state index contributed by atoms with van der Waals surface area (Å²) in [4.78, 5) is 34.3. The molecular weight excluding hydrogens is 434 g/mol. The Morgan fingerprint density at radius 2 is 0.857 bits per heavy atom. The van der Waals surface area contributed by atoms with Gasteiger partial charge in [-0.1, -0.05) is 0 Å². The van der Waals surface area contributed by atoms with Crippen LogP contribution >= 0.6 is 0 Å². The summed E-state index contributed by atoms with van der Waals surface area (Å²) in [6.45, 7) is 0. The van der Waals surface area contributed by atoms with Gasteiger partial charge in [0, 0.05) is 0 Å². The van der Waals surface area contributed by atoms with E-state index in [-0.39, 0.29) is 95.1 Å². The summed E-state index contributed by atoms with van der Waals surface area (Å²) in [7, 11) is -5.61. The summed E-state index contributed by atoms with van der Waals surface area (Å²) < 4.78 is 0. The van der Waals surface area contributed by atoms with E-state index < -0.39 is 9.05 Å². The Bertz CT molecular complexity index is 27.2. The first-order chi connectivity index (χ1) is 2.00. The summed E-state index contributed by atoms with van der Waals surface area (Å²) in [6, 6.07) is 0. The maximum absolute atomic E-state index is 8.58. The van der Waals surface area contributed by atoms with Crippen LogP contribution in [0.25, 0.3) is 0 Å². The zero-order valence-electron chi connectivity index (χ0n) is 3.58. The van der Waals surface area contributed by atoms with Crippen LogP contribution in [0.3, 0.4) is 0 Å². The molecule has 4 nitrogen and oxygen atoms in total. The Morgan fingerprint density at radius 1 is 0.857 bits per heavy atom. The van der Waals surface area contributed by atoms with Crippen LogP contribution in [0.5, 0.6) is 0 Å². The summed E-state index contributed by atoms with van der Waals surface area (Å²) >= 11 is 0. The summed E-state index contributed by atoms with van der Waals surface area (Å²) in [5, 5.41) is 0. The van der Waals surface area contributed by atoms with Gasteiger partial charge in [0.2, 0.25) is 0 Å². The molecule has 7 heteroatoms. The van der Waals surface area contributed by atoms with Crippen molar-refractivity contribution in [3.63, 3.8) is 0 Å². The third-order valence-electron chi connectivity index (χ3n) is 0. The van der Waals surface area contributed by atoms with Crippen molar-refractivity contribution in [1.82, 2.24) is 0 Å². The fourth-order valence-corrected chi connectivity index (χ4v) is 0. The van der Waals surface area contributed by atoms with Crippen LogP contribution in [0, 0.1) is 0 Å². The van der Waals surface area contributed by atoms with E-state index in [0.717, 1.165) is 0 Å². The van der Waals surface area contributed by atoms with Crippen molar-refractivity contribution in [3.05, 3.63) is 0 Å². The molecule has 0 fully saturated rings. The van der Waals surface area contributed by atoms with Crippen molar-refractivity contribution in [2.75, 3.05) is 0 Å². The SMILES string of the molecule is [Bi+3].[Cs+].[O-][Si]([O-])([O-])[O-]. The van der Waals surface area contributed by atoms with Crippen molar-refractivity contribution in [1.29, 1.82) is 0 Å². The van der Waals surface area contributed by atoms with Gasteiger partial charge >= 0.3 is 95.1 Å². The fraction of sp³-hybridized carbons (Fsp3) is 0. The normalized spacial score (nSPS) is 8.57. The van der Waals surface area contributed by atoms with Crippen LogP contribution < -0.4 is 88.1 Å². The largest absolute Gasteiger partial charge is 3.00 e. The first-order valence-corrected chi connectivity index (χ1v) is 2.45. The number of hydrogen-bond acceptors (Lipinski definition) is 4. The van der Waals surface area contributed by atoms with Crippen molar-refractivity contribution in [2.24, 2.45) is 0 Å². The molecule has 0 aliphatic heterocycles. The first kappa shape index (κ1) is 16.5. The predicted octanol–water partition coefficient (Wildman–Crippen LogP) is -8.51. The Hall–Kier alpha value is 2.99. The molecule has 0 N–H and O–H groups in total. The van der Waals surface area contributed by atoms with E-state index in [1.54, 1.807) is 0 Å². The van der Waals surface area contributed by atoms with Gasteiger partial charge in [0.1, 0.15) is 0 Å². The molecular formula is BiCsO4Si. The maximum atomic E-state index is 8.58. The average molecular weight is 434 g/mol. The molecule has 0 heterocycles. The summed E-state index contributed by atoms with van der Waals surface area (Å²) in [5.74, 6) is 0. The number of hydrogen-bond donors (Lipinski definition) is 0. The quantitative estimate of drug-likeness (QED) is 0.355. The Labute approximate surface area is 120 Å². The van der Waals surface area contributed by atoms with E-state index in [4.69, 9.17) is 19.2 Å². The van der Waals surface area contributed by atoms with Crippen molar-refractivity contribution in [3.8, 4) is 0 Å². The minimum atomic E-state index is -5.61. The molecule has 0 atom stereocenters. The van der Waals surface area contributed by atoms with Gasteiger partial charge in [0.05, 0.1) is 0 Å². The molecule has 0 rings (SSSR count). The predicted molar refractivity (Wildman–Crippen MR) is 11.5 cm³/mol. The standard InChI is InChI=1S/Bi.Cs.O4Si/c;;1-5(2,3)4/q+3;+1;-4. The third kappa shape index (κ3) is 49.1. The molecule has 0 saturated heterocycles. The van der Waals surface area contributed by atoms with Gasteiger partial charge in [-0.05, 0) is 0 Å². The zero-order valence-corrected chi connectivity index (χ0v) is 14.3. The first-order valence-electron chi connectivity index (χ1n) is 0.816. The second-order valence-electron chi connectivity index (χ2n) is 0.500. The van der Waals surface area contributed by atoms with Crippen LogP contribution in [0.1, 0.15) is 0 Å². The molecule has 7 heavy (non-hydrogen) atoms. The molecule has 34 valence electrons. The third-order valence-corrected chi connectivity index (χ3v) is 0. The van der Waals surface area contributed by atoms with E-state index in [1.807, 2.05) is 0 Å². The van der Waals surface area contributed by atoms with Crippen LogP contribution in [0.2, 0.25) is 0 Å². The molecule has 0 amide bonds. The number of rotatable bonds is 0. The maximum Gasteiger partial charge on any atom is 3.00 e. The van der Waals surface area contributed by atoms with Crippen molar-refractivity contribution >= 4 is 35.3 Å². The van der Waals surface area contributed by atoms with Gasteiger partial charge in [-0.15, -0.1) is 0 Å². The van der Waals surface area contributed by atoms with Crippen molar-refractivity contribution < 1.29 is 88.1 Å². The van der Waals surface area contributed by atoms with Crippen LogP contribution in [0.15, 0.2) is 0 Å². The Morgan fingerprint density at radius 3 is 0.857 bits per heavy atom. The minimum absolute atomic E-state index is 0. The van der Waals surface area contributed by atoms with E-state index >= 15 is 0 Å². The average Bonchev–Trinajstić information content (AvgIpc) is 0.722. The van der Waals surface area contributed by atoms with Gasteiger partial charge in [0.25, 0.3) is 0 Å². The molecule has 0 aliphatic rings. The fourth-order valence-electron chi connectivity index (χ4n) is 0. The molecule has 2 radical (unpaired) electrons. The van der Waals surface area contributed by atoms with E-state index in [1.165, 1.54) is 0 Å². The zero-order chi connectivity index (χ0) is 4.50. The summed E-state index contributed by atoms with van der Waals surface area (Å²) in [5.41, 5.74) is 0. The van der Waals surface area contributed by atoms with Crippen LogP contribution in [-0.4, -0.2) is 35.3 Å². The molecule has 0 aliphatic carbocycles. The van der Waals surface area contributed by atoms with E-state index in [9.17, 15) is 0 Å². The van der Waals surface area contributed by atoms with Crippen LogP contribution in [-0.2, 0) is 0 Å². The second-order valence-corrected chi connectivity index (χ2v) is 1.50. The Balaban J connectivity index is -0.0000000800. The van der Waals surface area contributed by atoms with E-state index in [2.05, 4.69) is 0 Å². The molecule has 0 unspecified atom stereocenters. The molecule has 0 bridgehead atoms. The molecule has 0 aromatic carbocycles. The van der Waals surface area contributed by atoms with Gasteiger partial charge in [-0.25, -0.2) is 0 Å². The molecule has 0 saturated carbocycles. The van der Waals surface area contributed by atoms with Gasteiger partial charge < -0.3 is 28.2 Å². The summed E-state index contributed by atoms with van der Waals surface area (Å²) in [6.07, 6.45) is 0. The van der Waals surface area contributed by atoms with Crippen molar-refractivity contribution in [2.45, 2.75) is 0 Å². The minimum Gasteiger partial charge on any atom is -0.894 e. The van der Waals surface area contributed by atoms with Crippen LogP contribution in [0.4, 0.5) is 0 Å². The second kappa shape index (κ2) is 7.10. The van der Waals surface area contributed by atoms with Gasteiger partial charge in [0.15, 0.2) is 0 Å². The van der Waals surface area contributed by atoms with Gasteiger partial charge in [-0.3, -0.25) is 0 Å². The molecule has 0 spiro atoms. The monoisotopic (exact) mass is 434 g/mol. The molecule has 0 aromatic heterocycles. The van der Waals surface area contributed by atoms with Gasteiger partial charge in [-0.2, -0.15) is 0 Å². The molecule has 0 aromatic rings. The Kier molecular flexibility index (Phi) is 16.8. The smallest absolute Gasteiger partial charge is 0.894 e.